The van der Waals surface area contributed by atoms with Crippen LogP contribution in [-0.2, 0) is 0 Å². The van der Waals surface area contributed by atoms with E-state index in [1.54, 1.807) is 0 Å². The van der Waals surface area contributed by atoms with Crippen LogP contribution in [0.5, 0.6) is 5.75 Å². The highest BCUT2D eigenvalue weighted by atomic mass is 19.4. The first-order valence-electron chi connectivity index (χ1n) is 9.18. The van der Waals surface area contributed by atoms with E-state index in [1.807, 2.05) is 0 Å². The van der Waals surface area contributed by atoms with Gasteiger partial charge in [-0.25, -0.2) is 9.18 Å². The lowest BCUT2D eigenvalue weighted by atomic mass is 10.0. The monoisotopic (exact) mass is 417 g/mol. The van der Waals surface area contributed by atoms with E-state index in [2.05, 4.69) is 4.98 Å². The van der Waals surface area contributed by atoms with Crippen molar-refractivity contribution in [3.05, 3.63) is 32.7 Å². The maximum absolute atomic E-state index is 15.0. The van der Waals surface area contributed by atoms with Crippen LogP contribution in [0.2, 0.25) is 0 Å². The molecule has 2 fully saturated rings. The number of methoxy groups -OCH3 is 1. The molecule has 1 aliphatic heterocycles. The largest absolute Gasteiger partial charge is 0.492 e. The van der Waals surface area contributed by atoms with Crippen LogP contribution in [0.3, 0.4) is 0 Å². The molecule has 2 aliphatic rings. The number of nitrogens with one attached hydrogen (secondary N) is 1. The number of rotatable bonds is 4. The van der Waals surface area contributed by atoms with Gasteiger partial charge in [-0.15, -0.1) is 0 Å². The Labute approximate surface area is 161 Å². The molecule has 1 saturated carbocycles. The fourth-order valence-electron chi connectivity index (χ4n) is 4.03. The Morgan fingerprint density at radius 3 is 2.55 bits per heavy atom. The summed E-state index contributed by atoms with van der Waals surface area (Å²) in [6.45, 7) is -0.177. The van der Waals surface area contributed by atoms with E-state index < -0.39 is 35.3 Å². The fourth-order valence-corrected chi connectivity index (χ4v) is 4.03. The summed E-state index contributed by atoms with van der Waals surface area (Å²) in [5, 5.41) is 9.48. The number of aromatic amines is 1. The summed E-state index contributed by atoms with van der Waals surface area (Å²) in [7, 11) is 1.25. The number of alkyl halides is 3. The molecule has 158 valence electrons. The summed E-state index contributed by atoms with van der Waals surface area (Å²) in [6.07, 6.45) is -5.87. The summed E-state index contributed by atoms with van der Waals surface area (Å²) in [5.41, 5.74) is -1.40. The van der Waals surface area contributed by atoms with Crippen molar-refractivity contribution >= 4 is 16.6 Å². The Morgan fingerprint density at radius 2 is 1.97 bits per heavy atom. The van der Waals surface area contributed by atoms with E-state index in [-0.39, 0.29) is 47.9 Å². The Morgan fingerprint density at radius 1 is 1.28 bits per heavy atom. The van der Waals surface area contributed by atoms with E-state index in [9.17, 15) is 32.3 Å². The summed E-state index contributed by atoms with van der Waals surface area (Å²) in [5.74, 6) is -2.04. The van der Waals surface area contributed by atoms with Crippen LogP contribution in [0, 0.1) is 11.7 Å². The van der Waals surface area contributed by atoms with Gasteiger partial charge in [-0.05, 0) is 25.3 Å². The predicted molar refractivity (Wildman–Crippen MR) is 96.0 cm³/mol. The van der Waals surface area contributed by atoms with Gasteiger partial charge in [-0.2, -0.15) is 13.2 Å². The van der Waals surface area contributed by atoms with Gasteiger partial charge in [0.1, 0.15) is 11.2 Å². The van der Waals surface area contributed by atoms with Gasteiger partial charge in [-0.3, -0.25) is 14.3 Å². The molecule has 29 heavy (non-hydrogen) atoms. The Hall–Kier alpha value is -2.56. The number of anilines is 1. The molecular formula is C18H19F4N3O4. The maximum Gasteiger partial charge on any atom is 0.414 e. The van der Waals surface area contributed by atoms with Gasteiger partial charge in [0.2, 0.25) is 0 Å². The first-order chi connectivity index (χ1) is 13.6. The third-order valence-corrected chi connectivity index (χ3v) is 5.55. The van der Waals surface area contributed by atoms with E-state index in [0.717, 1.165) is 6.07 Å². The van der Waals surface area contributed by atoms with Crippen LogP contribution >= 0.6 is 0 Å². The average Bonchev–Trinajstić information content (AvgIpc) is 3.36. The number of halogens is 4. The van der Waals surface area contributed by atoms with Crippen molar-refractivity contribution in [3.8, 4) is 5.75 Å². The summed E-state index contributed by atoms with van der Waals surface area (Å²) in [6, 6.07) is 0.810. The van der Waals surface area contributed by atoms with Crippen molar-refractivity contribution in [2.45, 2.75) is 37.6 Å². The number of ether oxygens (including phenoxy) is 1. The molecule has 2 unspecified atom stereocenters. The van der Waals surface area contributed by atoms with Gasteiger partial charge in [0, 0.05) is 25.0 Å². The van der Waals surface area contributed by atoms with E-state index in [4.69, 9.17) is 4.74 Å². The van der Waals surface area contributed by atoms with Crippen LogP contribution in [0.4, 0.5) is 23.2 Å². The van der Waals surface area contributed by atoms with Crippen LogP contribution in [0.1, 0.15) is 25.3 Å². The van der Waals surface area contributed by atoms with Crippen molar-refractivity contribution in [3.63, 3.8) is 0 Å². The van der Waals surface area contributed by atoms with E-state index in [0.29, 0.717) is 12.8 Å². The highest BCUT2D eigenvalue weighted by Crippen LogP contribution is 2.44. The number of aliphatic hydroxyl groups is 1. The number of aliphatic hydroxyl groups excluding tert-OH is 1. The molecule has 2 N–H and O–H groups in total. The second-order valence-electron chi connectivity index (χ2n) is 7.48. The minimum atomic E-state index is -4.77. The lowest BCUT2D eigenvalue weighted by Gasteiger charge is -2.25. The van der Waals surface area contributed by atoms with Crippen molar-refractivity contribution in [2.75, 3.05) is 25.1 Å². The van der Waals surface area contributed by atoms with Crippen LogP contribution in [-0.4, -0.2) is 47.1 Å². The zero-order valence-corrected chi connectivity index (χ0v) is 15.4. The normalized spacial score (nSPS) is 21.0. The van der Waals surface area contributed by atoms with Gasteiger partial charge in [0.05, 0.1) is 12.5 Å². The van der Waals surface area contributed by atoms with Gasteiger partial charge >= 0.3 is 11.9 Å². The first-order valence-corrected chi connectivity index (χ1v) is 9.18. The van der Waals surface area contributed by atoms with Crippen LogP contribution < -0.4 is 20.9 Å². The van der Waals surface area contributed by atoms with Crippen LogP contribution in [0.15, 0.2) is 15.7 Å². The van der Waals surface area contributed by atoms with Gasteiger partial charge in [0.25, 0.3) is 5.56 Å². The molecule has 1 aliphatic carbocycles. The van der Waals surface area contributed by atoms with Gasteiger partial charge < -0.3 is 14.7 Å². The predicted octanol–water partition coefficient (Wildman–Crippen LogP) is 1.92. The molecule has 2 atom stereocenters. The summed E-state index contributed by atoms with van der Waals surface area (Å²) < 4.78 is 60.2. The standard InChI is InChI=1S/C18H19F4N3O4/c1-29-14-12-10(16(27)23-17(28)25(12)9-2-3-9)6-11(19)13(14)24-5-4-8(7-24)15(26)18(20,21)22/h6,8-9,15,26H,2-5,7H2,1H3,(H,23,27,28). The number of nitrogens with zero attached hydrogens (tertiary/aromatic N) is 2. The molecule has 0 spiro atoms. The highest BCUT2D eigenvalue weighted by molar-refractivity contribution is 5.91. The van der Waals surface area contributed by atoms with Crippen molar-refractivity contribution in [1.82, 2.24) is 9.55 Å². The quantitative estimate of drug-likeness (QED) is 0.743. The van der Waals surface area contributed by atoms with Gasteiger partial charge in [-0.1, -0.05) is 0 Å². The molecule has 1 aromatic heterocycles. The summed E-state index contributed by atoms with van der Waals surface area (Å²) >= 11 is 0. The smallest absolute Gasteiger partial charge is 0.414 e. The molecule has 4 rings (SSSR count). The first kappa shape index (κ1) is 19.7. The lowest BCUT2D eigenvalue weighted by molar-refractivity contribution is -0.217. The third kappa shape index (κ3) is 3.26. The SMILES string of the molecule is COc1c(N2CCC(C(O)C(F)(F)F)C2)c(F)cc2c(=O)[nH]c(=O)n(C3CC3)c12. The number of H-pyrrole nitrogens is 1. The number of hydrogen-bond donors (Lipinski definition) is 2. The van der Waals surface area contributed by atoms with E-state index in [1.165, 1.54) is 16.6 Å². The number of fused-ring (bicyclic) bond motifs is 1. The molecule has 2 heterocycles. The molecule has 7 nitrogen and oxygen atoms in total. The Bertz CT molecular complexity index is 1070. The minimum absolute atomic E-state index is 0.00606. The Kier molecular flexibility index (Phi) is 4.60. The maximum atomic E-state index is 15.0. The lowest BCUT2D eigenvalue weighted by Crippen LogP contribution is -2.37. The molecule has 2 aromatic rings. The molecule has 11 heteroatoms. The zero-order valence-electron chi connectivity index (χ0n) is 15.4. The summed E-state index contributed by atoms with van der Waals surface area (Å²) in [4.78, 5) is 28.1. The number of benzene rings is 1. The molecule has 0 bridgehead atoms. The third-order valence-electron chi connectivity index (χ3n) is 5.55. The average molecular weight is 417 g/mol. The molecule has 1 aromatic carbocycles. The van der Waals surface area contributed by atoms with Gasteiger partial charge in [0.15, 0.2) is 17.7 Å². The molecule has 0 amide bonds. The second-order valence-corrected chi connectivity index (χ2v) is 7.48. The molecule has 0 radical (unpaired) electrons. The van der Waals surface area contributed by atoms with Crippen molar-refractivity contribution in [1.29, 1.82) is 0 Å². The fraction of sp³-hybridized carbons (Fsp3) is 0.556. The molecular weight excluding hydrogens is 398 g/mol. The molecule has 1 saturated heterocycles. The van der Waals surface area contributed by atoms with E-state index >= 15 is 0 Å². The zero-order chi connectivity index (χ0) is 21.1. The highest BCUT2D eigenvalue weighted by Gasteiger charge is 2.46. The second kappa shape index (κ2) is 6.75. The number of hydrogen-bond acceptors (Lipinski definition) is 5. The van der Waals surface area contributed by atoms with Crippen molar-refractivity contribution < 1.29 is 27.4 Å². The van der Waals surface area contributed by atoms with Crippen molar-refractivity contribution in [2.24, 2.45) is 5.92 Å². The van der Waals surface area contributed by atoms with Crippen LogP contribution in [0.25, 0.3) is 10.9 Å². The minimum Gasteiger partial charge on any atom is -0.492 e. The Balaban J connectivity index is 1.86. The number of aromatic nitrogens is 2. The topological polar surface area (TPSA) is 87.6 Å².